The fraction of sp³-hybridized carbons (Fsp3) is 0.333. The van der Waals surface area contributed by atoms with Crippen LogP contribution < -0.4 is 4.74 Å². The van der Waals surface area contributed by atoms with Gasteiger partial charge in [-0.2, -0.15) is 5.26 Å². The van der Waals surface area contributed by atoms with E-state index in [2.05, 4.69) is 11.1 Å². The number of halogens is 1. The predicted molar refractivity (Wildman–Crippen MR) is 81.6 cm³/mol. The highest BCUT2D eigenvalue weighted by atomic mass is 35.5. The van der Waals surface area contributed by atoms with Crippen LogP contribution in [-0.2, 0) is 12.8 Å². The second kappa shape index (κ2) is 6.74. The van der Waals surface area contributed by atoms with E-state index in [9.17, 15) is 0 Å². The zero-order valence-corrected chi connectivity index (χ0v) is 13.0. The molecule has 0 saturated heterocycles. The van der Waals surface area contributed by atoms with E-state index in [1.54, 1.807) is 11.3 Å². The van der Waals surface area contributed by atoms with Gasteiger partial charge >= 0.3 is 0 Å². The first-order valence-electron chi connectivity index (χ1n) is 6.30. The van der Waals surface area contributed by atoms with Gasteiger partial charge in [-0.1, -0.05) is 11.6 Å². The number of rotatable bonds is 5. The topological polar surface area (TPSA) is 45.9 Å². The number of aromatic nitrogens is 1. The largest absolute Gasteiger partial charge is 0.493 e. The van der Waals surface area contributed by atoms with Gasteiger partial charge in [0.15, 0.2) is 0 Å². The Bertz CT molecular complexity index is 623. The van der Waals surface area contributed by atoms with Gasteiger partial charge in [0, 0.05) is 16.8 Å². The standard InChI is InChI=1S/C15H15ClN2OS/c1-10-7-13(8-11(2)15(10)16)19-6-4-14-18-12(3-5-17)9-20-14/h7-9H,3-4,6H2,1-2H3. The number of ether oxygens (including phenoxy) is 1. The molecule has 104 valence electrons. The Kier molecular flexibility index (Phi) is 4.99. The molecule has 0 aliphatic carbocycles. The number of thiazole rings is 1. The molecule has 3 nitrogen and oxygen atoms in total. The van der Waals surface area contributed by atoms with Crippen LogP contribution in [0.4, 0.5) is 0 Å². The first-order chi connectivity index (χ1) is 9.60. The van der Waals surface area contributed by atoms with Crippen molar-refractivity contribution >= 4 is 22.9 Å². The Morgan fingerprint density at radius 2 is 2.05 bits per heavy atom. The van der Waals surface area contributed by atoms with E-state index < -0.39 is 0 Å². The summed E-state index contributed by atoms with van der Waals surface area (Å²) in [7, 11) is 0. The minimum absolute atomic E-state index is 0.368. The lowest BCUT2D eigenvalue weighted by Gasteiger charge is -2.09. The summed E-state index contributed by atoms with van der Waals surface area (Å²) in [6.07, 6.45) is 1.11. The highest BCUT2D eigenvalue weighted by Crippen LogP contribution is 2.26. The van der Waals surface area contributed by atoms with Crippen molar-refractivity contribution in [3.05, 3.63) is 44.4 Å². The van der Waals surface area contributed by atoms with E-state index in [0.29, 0.717) is 13.0 Å². The van der Waals surface area contributed by atoms with Gasteiger partial charge in [-0.05, 0) is 37.1 Å². The molecule has 2 rings (SSSR count). The molecule has 1 aromatic carbocycles. The fourth-order valence-electron chi connectivity index (χ4n) is 1.87. The second-order valence-corrected chi connectivity index (χ2v) is 5.86. The van der Waals surface area contributed by atoms with Crippen LogP contribution in [0, 0.1) is 25.2 Å². The molecule has 0 N–H and O–H groups in total. The highest BCUT2D eigenvalue weighted by molar-refractivity contribution is 7.09. The lowest BCUT2D eigenvalue weighted by atomic mass is 10.1. The molecule has 0 aliphatic heterocycles. The van der Waals surface area contributed by atoms with Crippen LogP contribution in [0.5, 0.6) is 5.75 Å². The predicted octanol–water partition coefficient (Wildman–Crippen LogP) is 4.10. The third-order valence-electron chi connectivity index (χ3n) is 2.85. The third-order valence-corrected chi connectivity index (χ3v) is 4.41. The molecule has 20 heavy (non-hydrogen) atoms. The summed E-state index contributed by atoms with van der Waals surface area (Å²) in [5.74, 6) is 0.832. The normalized spacial score (nSPS) is 10.3. The molecule has 5 heteroatoms. The van der Waals surface area contributed by atoms with Gasteiger partial charge in [-0.25, -0.2) is 4.98 Å². The molecule has 0 amide bonds. The smallest absolute Gasteiger partial charge is 0.119 e. The SMILES string of the molecule is Cc1cc(OCCc2nc(CC#N)cs2)cc(C)c1Cl. The van der Waals surface area contributed by atoms with Crippen molar-refractivity contribution in [1.29, 1.82) is 5.26 Å². The zero-order valence-electron chi connectivity index (χ0n) is 11.4. The first-order valence-corrected chi connectivity index (χ1v) is 7.55. The van der Waals surface area contributed by atoms with E-state index in [0.717, 1.165) is 39.0 Å². The van der Waals surface area contributed by atoms with Crippen LogP contribution in [-0.4, -0.2) is 11.6 Å². The van der Waals surface area contributed by atoms with Crippen molar-refractivity contribution in [1.82, 2.24) is 4.98 Å². The summed E-state index contributed by atoms with van der Waals surface area (Å²) in [5.41, 5.74) is 2.88. The maximum absolute atomic E-state index is 8.61. The molecule has 0 radical (unpaired) electrons. The minimum atomic E-state index is 0.368. The van der Waals surface area contributed by atoms with Crippen molar-refractivity contribution in [2.24, 2.45) is 0 Å². The van der Waals surface area contributed by atoms with Crippen LogP contribution >= 0.6 is 22.9 Å². The maximum atomic E-state index is 8.61. The Labute approximate surface area is 127 Å². The Balaban J connectivity index is 1.91. The van der Waals surface area contributed by atoms with Gasteiger partial charge < -0.3 is 4.74 Å². The maximum Gasteiger partial charge on any atom is 0.119 e. The van der Waals surface area contributed by atoms with Gasteiger partial charge in [0.25, 0.3) is 0 Å². The van der Waals surface area contributed by atoms with Crippen molar-refractivity contribution < 1.29 is 4.74 Å². The molecule has 0 fully saturated rings. The summed E-state index contributed by atoms with van der Waals surface area (Å²) in [5, 5.41) is 12.3. The van der Waals surface area contributed by atoms with Crippen molar-refractivity contribution in [3.63, 3.8) is 0 Å². The summed E-state index contributed by atoms with van der Waals surface area (Å²) in [6.45, 7) is 4.51. The van der Waals surface area contributed by atoms with Crippen LogP contribution in [0.1, 0.15) is 21.8 Å². The van der Waals surface area contributed by atoms with Gasteiger partial charge in [0.2, 0.25) is 0 Å². The molecule has 0 bridgehead atoms. The summed E-state index contributed by atoms with van der Waals surface area (Å²) in [6, 6.07) is 5.98. The van der Waals surface area contributed by atoms with Crippen LogP contribution in [0.25, 0.3) is 0 Å². The number of hydrogen-bond donors (Lipinski definition) is 0. The van der Waals surface area contributed by atoms with Crippen LogP contribution in [0.2, 0.25) is 5.02 Å². The van der Waals surface area contributed by atoms with E-state index in [1.807, 2.05) is 31.4 Å². The molecular formula is C15H15ClN2OS. The summed E-state index contributed by atoms with van der Waals surface area (Å²) < 4.78 is 5.74. The average Bonchev–Trinajstić information content (AvgIpc) is 2.84. The number of hydrogen-bond acceptors (Lipinski definition) is 4. The van der Waals surface area contributed by atoms with E-state index in [-0.39, 0.29) is 0 Å². The van der Waals surface area contributed by atoms with Crippen molar-refractivity contribution in [2.75, 3.05) is 6.61 Å². The summed E-state index contributed by atoms with van der Waals surface area (Å²) in [4.78, 5) is 4.38. The van der Waals surface area contributed by atoms with E-state index in [4.69, 9.17) is 21.6 Å². The number of benzene rings is 1. The Morgan fingerprint density at radius 1 is 1.35 bits per heavy atom. The number of aryl methyl sites for hydroxylation is 2. The number of nitriles is 1. The fourth-order valence-corrected chi connectivity index (χ4v) is 2.76. The van der Waals surface area contributed by atoms with E-state index in [1.165, 1.54) is 0 Å². The molecule has 0 unspecified atom stereocenters. The molecular weight excluding hydrogens is 292 g/mol. The first kappa shape index (κ1) is 14.8. The number of nitrogens with zero attached hydrogens (tertiary/aromatic N) is 2. The Morgan fingerprint density at radius 3 is 2.70 bits per heavy atom. The summed E-state index contributed by atoms with van der Waals surface area (Å²) >= 11 is 7.69. The van der Waals surface area contributed by atoms with Crippen molar-refractivity contribution in [3.8, 4) is 11.8 Å². The molecule has 0 atom stereocenters. The molecule has 0 spiro atoms. The monoisotopic (exact) mass is 306 g/mol. The minimum Gasteiger partial charge on any atom is -0.493 e. The third kappa shape index (κ3) is 3.72. The Hall–Kier alpha value is -1.57. The molecule has 2 aromatic rings. The molecule has 0 aliphatic rings. The quantitative estimate of drug-likeness (QED) is 0.835. The van der Waals surface area contributed by atoms with E-state index >= 15 is 0 Å². The molecule has 1 heterocycles. The second-order valence-electron chi connectivity index (χ2n) is 4.54. The van der Waals surface area contributed by atoms with Crippen LogP contribution in [0.15, 0.2) is 17.5 Å². The lowest BCUT2D eigenvalue weighted by Crippen LogP contribution is -2.02. The zero-order chi connectivity index (χ0) is 14.5. The van der Waals surface area contributed by atoms with Gasteiger partial charge in [0.1, 0.15) is 5.75 Å². The highest BCUT2D eigenvalue weighted by Gasteiger charge is 2.05. The molecule has 1 aromatic heterocycles. The van der Waals surface area contributed by atoms with Crippen molar-refractivity contribution in [2.45, 2.75) is 26.7 Å². The molecule has 0 saturated carbocycles. The van der Waals surface area contributed by atoms with Gasteiger partial charge in [-0.15, -0.1) is 11.3 Å². The average molecular weight is 307 g/mol. The van der Waals surface area contributed by atoms with Gasteiger partial charge in [-0.3, -0.25) is 0 Å². The lowest BCUT2D eigenvalue weighted by molar-refractivity contribution is 0.321. The van der Waals surface area contributed by atoms with Crippen LogP contribution in [0.3, 0.4) is 0 Å². The van der Waals surface area contributed by atoms with Gasteiger partial charge in [0.05, 0.1) is 29.8 Å².